The molecule has 0 amide bonds. The molecule has 3 rings (SSSR count). The van der Waals surface area contributed by atoms with E-state index < -0.39 is 0 Å². The van der Waals surface area contributed by atoms with E-state index in [4.69, 9.17) is 5.73 Å². The normalized spacial score (nSPS) is 10.7. The van der Waals surface area contributed by atoms with Gasteiger partial charge in [-0.25, -0.2) is 9.37 Å². The molecule has 18 heavy (non-hydrogen) atoms. The molecule has 0 aliphatic heterocycles. The van der Waals surface area contributed by atoms with Crippen molar-refractivity contribution in [1.82, 2.24) is 9.97 Å². The van der Waals surface area contributed by atoms with E-state index in [9.17, 15) is 4.39 Å². The summed E-state index contributed by atoms with van der Waals surface area (Å²) in [4.78, 5) is 7.34. The number of nitrogens with zero attached hydrogens (tertiary/aromatic N) is 1. The van der Waals surface area contributed by atoms with Crippen LogP contribution in [0.25, 0.3) is 11.0 Å². The molecule has 5 heteroatoms. The van der Waals surface area contributed by atoms with Crippen molar-refractivity contribution in [2.24, 2.45) is 0 Å². The van der Waals surface area contributed by atoms with Crippen LogP contribution >= 0.6 is 0 Å². The van der Waals surface area contributed by atoms with Gasteiger partial charge in [0.1, 0.15) is 5.82 Å². The molecule has 1 heterocycles. The molecule has 4 nitrogen and oxygen atoms in total. The molecule has 0 atom stereocenters. The minimum Gasteiger partial charge on any atom is -0.399 e. The number of nitrogens with two attached hydrogens (primary N) is 1. The Morgan fingerprint density at radius 1 is 1.17 bits per heavy atom. The van der Waals surface area contributed by atoms with Crippen LogP contribution in [-0.2, 0) is 0 Å². The zero-order valence-corrected chi connectivity index (χ0v) is 9.44. The summed E-state index contributed by atoms with van der Waals surface area (Å²) in [6.07, 6.45) is 0. The maximum atomic E-state index is 13.5. The average Bonchev–Trinajstić information content (AvgIpc) is 2.73. The fourth-order valence-electron chi connectivity index (χ4n) is 1.78. The molecule has 4 N–H and O–H groups in total. The number of nitrogens with one attached hydrogen (secondary N) is 2. The van der Waals surface area contributed by atoms with Crippen LogP contribution < -0.4 is 11.1 Å². The number of fused-ring (bicyclic) bond motifs is 1. The molecule has 1 aromatic heterocycles. The van der Waals surface area contributed by atoms with Crippen molar-refractivity contribution in [3.8, 4) is 0 Å². The van der Waals surface area contributed by atoms with Crippen LogP contribution in [0.1, 0.15) is 0 Å². The first-order valence-corrected chi connectivity index (χ1v) is 5.49. The summed E-state index contributed by atoms with van der Waals surface area (Å²) in [6, 6.07) is 11.8. The summed E-state index contributed by atoms with van der Waals surface area (Å²) in [5.74, 6) is 0.165. The molecule has 90 valence electrons. The largest absolute Gasteiger partial charge is 0.399 e. The van der Waals surface area contributed by atoms with Crippen LogP contribution in [0.5, 0.6) is 0 Å². The minimum absolute atomic E-state index is 0.322. The van der Waals surface area contributed by atoms with Gasteiger partial charge in [0.2, 0.25) is 5.95 Å². The van der Waals surface area contributed by atoms with Gasteiger partial charge in [0.05, 0.1) is 16.7 Å². The van der Waals surface area contributed by atoms with Crippen molar-refractivity contribution in [1.29, 1.82) is 0 Å². The number of hydrogen-bond donors (Lipinski definition) is 3. The number of aromatic amines is 1. The molecular weight excluding hydrogens is 231 g/mol. The van der Waals surface area contributed by atoms with E-state index in [-0.39, 0.29) is 5.82 Å². The molecule has 0 fully saturated rings. The van der Waals surface area contributed by atoms with Crippen LogP contribution in [0.15, 0.2) is 42.5 Å². The molecule has 0 saturated carbocycles. The Kier molecular flexibility index (Phi) is 2.37. The maximum absolute atomic E-state index is 13.5. The molecule has 0 saturated heterocycles. The Balaban J connectivity index is 1.98. The van der Waals surface area contributed by atoms with E-state index in [1.54, 1.807) is 30.3 Å². The lowest BCUT2D eigenvalue weighted by molar-refractivity contribution is 0.631. The van der Waals surface area contributed by atoms with Gasteiger partial charge < -0.3 is 16.0 Å². The third-order valence-electron chi connectivity index (χ3n) is 2.63. The molecule has 0 aliphatic carbocycles. The van der Waals surface area contributed by atoms with Crippen molar-refractivity contribution in [2.75, 3.05) is 11.1 Å². The number of benzene rings is 2. The first-order valence-electron chi connectivity index (χ1n) is 5.49. The van der Waals surface area contributed by atoms with E-state index in [0.29, 0.717) is 17.3 Å². The highest BCUT2D eigenvalue weighted by Crippen LogP contribution is 2.21. The molecule has 0 unspecified atom stereocenters. The predicted molar refractivity (Wildman–Crippen MR) is 70.2 cm³/mol. The van der Waals surface area contributed by atoms with Gasteiger partial charge in [0, 0.05) is 5.69 Å². The van der Waals surface area contributed by atoms with Crippen molar-refractivity contribution < 1.29 is 4.39 Å². The quantitative estimate of drug-likeness (QED) is 0.605. The summed E-state index contributed by atoms with van der Waals surface area (Å²) in [6.45, 7) is 0. The average molecular weight is 242 g/mol. The van der Waals surface area contributed by atoms with E-state index in [1.165, 1.54) is 6.07 Å². The molecule has 0 bridgehead atoms. The number of halogens is 1. The van der Waals surface area contributed by atoms with Crippen LogP contribution in [0, 0.1) is 5.82 Å². The predicted octanol–water partition coefficient (Wildman–Crippen LogP) is 3.03. The highest BCUT2D eigenvalue weighted by Gasteiger charge is 2.05. The Morgan fingerprint density at radius 2 is 2.00 bits per heavy atom. The Bertz CT molecular complexity index is 705. The summed E-state index contributed by atoms with van der Waals surface area (Å²) < 4.78 is 13.5. The van der Waals surface area contributed by atoms with Gasteiger partial charge in [-0.15, -0.1) is 0 Å². The van der Waals surface area contributed by atoms with Gasteiger partial charge in [-0.05, 0) is 30.3 Å². The standard InChI is InChI=1S/C13H11FN4/c14-9-3-1-2-4-10(9)16-13-17-11-6-5-8(15)7-12(11)18-13/h1-7H,15H2,(H2,16,17,18). The third-order valence-corrected chi connectivity index (χ3v) is 2.63. The zero-order valence-electron chi connectivity index (χ0n) is 9.44. The van der Waals surface area contributed by atoms with E-state index in [2.05, 4.69) is 15.3 Å². The van der Waals surface area contributed by atoms with E-state index >= 15 is 0 Å². The highest BCUT2D eigenvalue weighted by atomic mass is 19.1. The smallest absolute Gasteiger partial charge is 0.205 e. The van der Waals surface area contributed by atoms with Crippen LogP contribution in [0.3, 0.4) is 0 Å². The number of hydrogen-bond acceptors (Lipinski definition) is 3. The van der Waals surface area contributed by atoms with Gasteiger partial charge >= 0.3 is 0 Å². The fraction of sp³-hybridized carbons (Fsp3) is 0. The number of rotatable bonds is 2. The lowest BCUT2D eigenvalue weighted by atomic mass is 10.3. The van der Waals surface area contributed by atoms with Gasteiger partial charge in [-0.2, -0.15) is 0 Å². The second-order valence-corrected chi connectivity index (χ2v) is 3.97. The number of nitrogen functional groups attached to an aromatic ring is 1. The lowest BCUT2D eigenvalue weighted by Gasteiger charge is -2.02. The number of anilines is 3. The van der Waals surface area contributed by atoms with E-state index in [1.807, 2.05) is 6.07 Å². The molecule has 0 aliphatic rings. The molecule has 2 aromatic carbocycles. The van der Waals surface area contributed by atoms with Crippen molar-refractivity contribution in [3.63, 3.8) is 0 Å². The Labute approximate surface area is 103 Å². The fourth-order valence-corrected chi connectivity index (χ4v) is 1.78. The van der Waals surface area contributed by atoms with Crippen molar-refractivity contribution in [3.05, 3.63) is 48.3 Å². The van der Waals surface area contributed by atoms with Gasteiger partial charge in [-0.3, -0.25) is 0 Å². The zero-order chi connectivity index (χ0) is 12.5. The summed E-state index contributed by atoms with van der Waals surface area (Å²) in [7, 11) is 0. The summed E-state index contributed by atoms with van der Waals surface area (Å²) >= 11 is 0. The molecule has 0 spiro atoms. The first-order chi connectivity index (χ1) is 8.72. The van der Waals surface area contributed by atoms with Crippen molar-refractivity contribution >= 4 is 28.4 Å². The van der Waals surface area contributed by atoms with Crippen LogP contribution in [-0.4, -0.2) is 9.97 Å². The topological polar surface area (TPSA) is 66.7 Å². The van der Waals surface area contributed by atoms with Gasteiger partial charge in [0.15, 0.2) is 0 Å². The monoisotopic (exact) mass is 242 g/mol. The number of imidazole rings is 1. The van der Waals surface area contributed by atoms with Gasteiger partial charge in [0.25, 0.3) is 0 Å². The number of aromatic nitrogens is 2. The lowest BCUT2D eigenvalue weighted by Crippen LogP contribution is -1.94. The van der Waals surface area contributed by atoms with Gasteiger partial charge in [-0.1, -0.05) is 12.1 Å². The maximum Gasteiger partial charge on any atom is 0.205 e. The number of H-pyrrole nitrogens is 1. The minimum atomic E-state index is -0.322. The molecule has 0 radical (unpaired) electrons. The molecule has 3 aromatic rings. The first kappa shape index (κ1) is 10.6. The third kappa shape index (κ3) is 1.86. The molecular formula is C13H11FN4. The van der Waals surface area contributed by atoms with Crippen LogP contribution in [0.2, 0.25) is 0 Å². The SMILES string of the molecule is Nc1ccc2nc(Nc3ccccc3F)[nH]c2c1. The second kappa shape index (κ2) is 4.03. The van der Waals surface area contributed by atoms with Crippen LogP contribution in [0.4, 0.5) is 21.7 Å². The Hall–Kier alpha value is -2.56. The number of para-hydroxylation sites is 1. The second-order valence-electron chi connectivity index (χ2n) is 3.97. The van der Waals surface area contributed by atoms with E-state index in [0.717, 1.165) is 11.0 Å². The van der Waals surface area contributed by atoms with Crippen molar-refractivity contribution in [2.45, 2.75) is 0 Å². The summed E-state index contributed by atoms with van der Waals surface area (Å²) in [5.41, 5.74) is 8.31. The highest BCUT2D eigenvalue weighted by molar-refractivity contribution is 5.81. The summed E-state index contributed by atoms with van der Waals surface area (Å²) in [5, 5.41) is 2.90. The Morgan fingerprint density at radius 3 is 2.83 bits per heavy atom.